The van der Waals surface area contributed by atoms with Crippen molar-refractivity contribution in [1.29, 1.82) is 0 Å². The second-order valence-electron chi connectivity index (χ2n) is 4.96. The molecule has 1 atom stereocenters. The van der Waals surface area contributed by atoms with Crippen molar-refractivity contribution in [1.82, 2.24) is 9.88 Å². The summed E-state index contributed by atoms with van der Waals surface area (Å²) in [5.41, 5.74) is 1.44. The molecule has 2 rings (SSSR count). The zero-order chi connectivity index (χ0) is 15.2. The van der Waals surface area contributed by atoms with E-state index in [4.69, 9.17) is 0 Å². The monoisotopic (exact) mass is 306 g/mol. The van der Waals surface area contributed by atoms with Crippen LogP contribution in [0.5, 0.6) is 0 Å². The van der Waals surface area contributed by atoms with Crippen molar-refractivity contribution >= 4 is 17.2 Å². The SMILES string of the molecule is Cn1cc(C(=O)NC[C@@H](CO)Cc2ccsc2)ccc1=O. The van der Waals surface area contributed by atoms with E-state index in [0.717, 1.165) is 12.0 Å². The maximum absolute atomic E-state index is 12.0. The first-order valence-electron chi connectivity index (χ1n) is 6.67. The maximum Gasteiger partial charge on any atom is 0.252 e. The molecule has 1 amide bonds. The van der Waals surface area contributed by atoms with Gasteiger partial charge in [0.25, 0.3) is 5.91 Å². The summed E-state index contributed by atoms with van der Waals surface area (Å²) in [6.07, 6.45) is 2.23. The molecule has 0 bridgehead atoms. The molecule has 112 valence electrons. The van der Waals surface area contributed by atoms with E-state index in [1.807, 2.05) is 16.8 Å². The highest BCUT2D eigenvalue weighted by atomic mass is 32.1. The van der Waals surface area contributed by atoms with E-state index in [1.54, 1.807) is 18.4 Å². The Hall–Kier alpha value is -1.92. The van der Waals surface area contributed by atoms with Crippen molar-refractivity contribution in [2.75, 3.05) is 13.2 Å². The zero-order valence-electron chi connectivity index (χ0n) is 11.8. The molecule has 0 saturated heterocycles. The summed E-state index contributed by atoms with van der Waals surface area (Å²) in [6, 6.07) is 4.89. The van der Waals surface area contributed by atoms with Crippen molar-refractivity contribution < 1.29 is 9.90 Å². The molecule has 0 aliphatic heterocycles. The minimum Gasteiger partial charge on any atom is -0.396 e. The Morgan fingerprint density at radius 3 is 2.86 bits per heavy atom. The van der Waals surface area contributed by atoms with Crippen LogP contribution in [0.2, 0.25) is 0 Å². The lowest BCUT2D eigenvalue weighted by Crippen LogP contribution is -2.32. The van der Waals surface area contributed by atoms with Gasteiger partial charge < -0.3 is 15.0 Å². The molecule has 0 spiro atoms. The number of aryl methyl sites for hydroxylation is 1. The van der Waals surface area contributed by atoms with Gasteiger partial charge in [0.05, 0.1) is 5.56 Å². The molecular formula is C15H18N2O3S. The molecule has 6 heteroatoms. The van der Waals surface area contributed by atoms with Gasteiger partial charge in [0, 0.05) is 38.4 Å². The molecule has 0 aliphatic carbocycles. The molecule has 2 N–H and O–H groups in total. The van der Waals surface area contributed by atoms with Crippen LogP contribution in [0.15, 0.2) is 40.0 Å². The number of nitrogens with one attached hydrogen (secondary N) is 1. The smallest absolute Gasteiger partial charge is 0.252 e. The Kier molecular flexibility index (Phi) is 5.30. The van der Waals surface area contributed by atoms with Crippen molar-refractivity contribution in [2.24, 2.45) is 13.0 Å². The number of carbonyl (C=O) groups excluding carboxylic acids is 1. The van der Waals surface area contributed by atoms with Gasteiger partial charge in [-0.3, -0.25) is 9.59 Å². The van der Waals surface area contributed by atoms with E-state index in [1.165, 1.54) is 22.9 Å². The standard InChI is InChI=1S/C15H18N2O3S/c1-17-8-13(2-3-14(17)19)15(20)16-7-12(9-18)6-11-4-5-21-10-11/h2-5,8,10,12,18H,6-7,9H2,1H3,(H,16,20)/t12-/m0/s1. The summed E-state index contributed by atoms with van der Waals surface area (Å²) >= 11 is 1.61. The second-order valence-corrected chi connectivity index (χ2v) is 5.74. The van der Waals surface area contributed by atoms with Crippen molar-refractivity contribution in [3.63, 3.8) is 0 Å². The number of aliphatic hydroxyl groups excluding tert-OH is 1. The fraction of sp³-hybridized carbons (Fsp3) is 0.333. The number of rotatable bonds is 6. The Morgan fingerprint density at radius 2 is 2.24 bits per heavy atom. The molecule has 5 nitrogen and oxygen atoms in total. The van der Waals surface area contributed by atoms with Gasteiger partial charge in [-0.25, -0.2) is 0 Å². The summed E-state index contributed by atoms with van der Waals surface area (Å²) in [7, 11) is 1.60. The van der Waals surface area contributed by atoms with Crippen LogP contribution in [0.1, 0.15) is 15.9 Å². The number of aromatic nitrogens is 1. The van der Waals surface area contributed by atoms with Gasteiger partial charge >= 0.3 is 0 Å². The molecule has 2 aromatic rings. The average molecular weight is 306 g/mol. The Bertz CT molecular complexity index is 649. The topological polar surface area (TPSA) is 71.3 Å². The number of hydrogen-bond donors (Lipinski definition) is 2. The van der Waals surface area contributed by atoms with Gasteiger partial charge in [0.15, 0.2) is 0 Å². The lowest BCUT2D eigenvalue weighted by atomic mass is 10.0. The van der Waals surface area contributed by atoms with Gasteiger partial charge in [-0.2, -0.15) is 11.3 Å². The van der Waals surface area contributed by atoms with Gasteiger partial charge in [-0.05, 0) is 34.9 Å². The van der Waals surface area contributed by atoms with Crippen molar-refractivity contribution in [2.45, 2.75) is 6.42 Å². The number of amides is 1. The molecule has 2 aromatic heterocycles. The molecular weight excluding hydrogens is 288 g/mol. The van der Waals surface area contributed by atoms with Crippen LogP contribution < -0.4 is 10.9 Å². The summed E-state index contributed by atoms with van der Waals surface area (Å²) < 4.78 is 1.36. The van der Waals surface area contributed by atoms with Crippen LogP contribution in [0.4, 0.5) is 0 Å². The van der Waals surface area contributed by atoms with Crippen LogP contribution in [0.3, 0.4) is 0 Å². The van der Waals surface area contributed by atoms with E-state index in [0.29, 0.717) is 12.1 Å². The Balaban J connectivity index is 1.92. The summed E-state index contributed by atoms with van der Waals surface area (Å²) in [5.74, 6) is -0.259. The molecule has 0 unspecified atom stereocenters. The van der Waals surface area contributed by atoms with Gasteiger partial charge in [0.2, 0.25) is 5.56 Å². The predicted octanol–water partition coefficient (Wildman–Crippen LogP) is 1.03. The molecule has 21 heavy (non-hydrogen) atoms. The molecule has 0 aliphatic rings. The highest BCUT2D eigenvalue weighted by molar-refractivity contribution is 7.07. The highest BCUT2D eigenvalue weighted by Crippen LogP contribution is 2.12. The maximum atomic E-state index is 12.0. The molecule has 2 heterocycles. The highest BCUT2D eigenvalue weighted by Gasteiger charge is 2.12. The van der Waals surface area contributed by atoms with Crippen molar-refractivity contribution in [3.8, 4) is 0 Å². The summed E-state index contributed by atoms with van der Waals surface area (Å²) in [4.78, 5) is 23.3. The fourth-order valence-electron chi connectivity index (χ4n) is 2.01. The lowest BCUT2D eigenvalue weighted by molar-refractivity contribution is 0.0939. The lowest BCUT2D eigenvalue weighted by Gasteiger charge is -2.14. The Morgan fingerprint density at radius 1 is 1.43 bits per heavy atom. The number of nitrogens with zero attached hydrogens (tertiary/aromatic N) is 1. The van der Waals surface area contributed by atoms with Crippen LogP contribution in [-0.2, 0) is 13.5 Å². The summed E-state index contributed by atoms with van der Waals surface area (Å²) in [6.45, 7) is 0.414. The van der Waals surface area contributed by atoms with Crippen LogP contribution >= 0.6 is 11.3 Å². The predicted molar refractivity (Wildman–Crippen MR) is 82.6 cm³/mol. The van der Waals surface area contributed by atoms with Crippen molar-refractivity contribution in [3.05, 3.63) is 56.6 Å². The molecule has 0 fully saturated rings. The van der Waals surface area contributed by atoms with E-state index >= 15 is 0 Å². The van der Waals surface area contributed by atoms with Gasteiger partial charge in [0.1, 0.15) is 0 Å². The normalized spacial score (nSPS) is 12.1. The number of aliphatic hydroxyl groups is 1. The average Bonchev–Trinajstić information content (AvgIpc) is 2.99. The first kappa shape index (κ1) is 15.5. The minimum absolute atomic E-state index is 0.0173. The van der Waals surface area contributed by atoms with Gasteiger partial charge in [-0.15, -0.1) is 0 Å². The third-order valence-electron chi connectivity index (χ3n) is 3.26. The first-order chi connectivity index (χ1) is 10.1. The van der Waals surface area contributed by atoms with E-state index in [9.17, 15) is 14.7 Å². The van der Waals surface area contributed by atoms with E-state index in [2.05, 4.69) is 5.32 Å². The third-order valence-corrected chi connectivity index (χ3v) is 3.99. The molecule has 0 saturated carbocycles. The number of thiophene rings is 1. The van der Waals surface area contributed by atoms with E-state index in [-0.39, 0.29) is 24.0 Å². The quantitative estimate of drug-likeness (QED) is 0.837. The van der Waals surface area contributed by atoms with Crippen LogP contribution in [0.25, 0.3) is 0 Å². The third kappa shape index (κ3) is 4.27. The zero-order valence-corrected chi connectivity index (χ0v) is 12.6. The van der Waals surface area contributed by atoms with Gasteiger partial charge in [-0.1, -0.05) is 0 Å². The summed E-state index contributed by atoms with van der Waals surface area (Å²) in [5, 5.41) is 16.2. The number of pyridine rings is 1. The second kappa shape index (κ2) is 7.19. The minimum atomic E-state index is -0.241. The van der Waals surface area contributed by atoms with Crippen LogP contribution in [0, 0.1) is 5.92 Å². The van der Waals surface area contributed by atoms with E-state index < -0.39 is 0 Å². The van der Waals surface area contributed by atoms with Crippen LogP contribution in [-0.4, -0.2) is 28.7 Å². The number of carbonyl (C=O) groups is 1. The largest absolute Gasteiger partial charge is 0.396 e. The molecule has 0 aromatic carbocycles. The fourth-order valence-corrected chi connectivity index (χ4v) is 2.69. The number of hydrogen-bond acceptors (Lipinski definition) is 4. The Labute approximate surface area is 126 Å². The first-order valence-corrected chi connectivity index (χ1v) is 7.61. The molecule has 0 radical (unpaired) electrons.